The molecule has 3 aromatic rings. The van der Waals surface area contributed by atoms with Crippen LogP contribution in [0, 0.1) is 5.82 Å². The standard InChI is InChI=1S/C24H20FN3O6/c1-32-16-11-14(12-17(33-2)22(16)34-3)19-18(20(29)13-5-7-15(25)8-6-13)21(30)23(31)28(19)24-26-9-4-10-27-24/h4-12,19,29H,1-3H3/b20-18-. The van der Waals surface area contributed by atoms with Gasteiger partial charge in [-0.25, -0.2) is 14.4 Å². The Morgan fingerprint density at radius 2 is 1.56 bits per heavy atom. The van der Waals surface area contributed by atoms with Crippen molar-refractivity contribution < 1.29 is 33.3 Å². The molecule has 1 N–H and O–H groups in total. The fraction of sp³-hybridized carbons (Fsp3) is 0.167. The van der Waals surface area contributed by atoms with Gasteiger partial charge in [-0.3, -0.25) is 14.5 Å². The molecule has 10 heteroatoms. The van der Waals surface area contributed by atoms with Crippen LogP contribution in [0.5, 0.6) is 17.2 Å². The SMILES string of the molecule is COc1cc(C2/C(=C(/O)c3ccc(F)cc3)C(=O)C(=O)N2c2ncccn2)cc(OC)c1OC. The van der Waals surface area contributed by atoms with Crippen LogP contribution in [0.3, 0.4) is 0 Å². The lowest BCUT2D eigenvalue weighted by molar-refractivity contribution is -0.132. The van der Waals surface area contributed by atoms with Crippen molar-refractivity contribution in [1.82, 2.24) is 9.97 Å². The summed E-state index contributed by atoms with van der Waals surface area (Å²) in [7, 11) is 4.30. The summed E-state index contributed by atoms with van der Waals surface area (Å²) in [5.41, 5.74) is 0.300. The molecule has 0 saturated carbocycles. The summed E-state index contributed by atoms with van der Waals surface area (Å²) in [6.45, 7) is 0. The number of ketones is 1. The number of halogens is 1. The number of carbonyl (C=O) groups is 2. The van der Waals surface area contributed by atoms with Crippen molar-refractivity contribution >= 4 is 23.4 Å². The first-order valence-corrected chi connectivity index (χ1v) is 10.0. The summed E-state index contributed by atoms with van der Waals surface area (Å²) >= 11 is 0. The van der Waals surface area contributed by atoms with E-state index in [0.29, 0.717) is 11.3 Å². The normalized spacial score (nSPS) is 17.1. The third kappa shape index (κ3) is 3.79. The van der Waals surface area contributed by atoms with Crippen molar-refractivity contribution in [3.8, 4) is 17.2 Å². The van der Waals surface area contributed by atoms with E-state index in [4.69, 9.17) is 14.2 Å². The lowest BCUT2D eigenvalue weighted by Gasteiger charge is -2.25. The molecule has 0 radical (unpaired) electrons. The van der Waals surface area contributed by atoms with Crippen LogP contribution in [0.25, 0.3) is 5.76 Å². The number of aliphatic hydroxyl groups is 1. The van der Waals surface area contributed by atoms with Gasteiger partial charge in [-0.15, -0.1) is 0 Å². The van der Waals surface area contributed by atoms with Gasteiger partial charge >= 0.3 is 5.91 Å². The number of aliphatic hydroxyl groups excluding tert-OH is 1. The molecular weight excluding hydrogens is 445 g/mol. The van der Waals surface area contributed by atoms with E-state index in [-0.39, 0.29) is 28.6 Å². The molecular formula is C24H20FN3O6. The number of benzene rings is 2. The number of carbonyl (C=O) groups excluding carboxylic acids is 2. The summed E-state index contributed by atoms with van der Waals surface area (Å²) < 4.78 is 29.7. The van der Waals surface area contributed by atoms with Gasteiger partial charge in [-0.1, -0.05) is 0 Å². The minimum Gasteiger partial charge on any atom is -0.507 e. The molecule has 174 valence electrons. The predicted octanol–water partition coefficient (Wildman–Crippen LogP) is 3.27. The van der Waals surface area contributed by atoms with E-state index in [1.54, 1.807) is 18.2 Å². The highest BCUT2D eigenvalue weighted by atomic mass is 19.1. The predicted molar refractivity (Wildman–Crippen MR) is 119 cm³/mol. The third-order valence-corrected chi connectivity index (χ3v) is 5.33. The van der Waals surface area contributed by atoms with E-state index in [0.717, 1.165) is 17.0 Å². The first kappa shape index (κ1) is 22.7. The number of ether oxygens (including phenoxy) is 3. The molecule has 1 aliphatic heterocycles. The topological polar surface area (TPSA) is 111 Å². The van der Waals surface area contributed by atoms with Crippen molar-refractivity contribution in [2.75, 3.05) is 26.2 Å². The average molecular weight is 465 g/mol. The molecule has 1 amide bonds. The van der Waals surface area contributed by atoms with E-state index in [1.165, 1.54) is 45.9 Å². The van der Waals surface area contributed by atoms with E-state index in [1.807, 2.05) is 0 Å². The lowest BCUT2D eigenvalue weighted by Crippen LogP contribution is -2.31. The maximum Gasteiger partial charge on any atom is 0.302 e. The molecule has 4 rings (SSSR count). The lowest BCUT2D eigenvalue weighted by atomic mass is 9.94. The molecule has 2 aromatic carbocycles. The zero-order valence-corrected chi connectivity index (χ0v) is 18.5. The second kappa shape index (κ2) is 9.18. The molecule has 0 bridgehead atoms. The van der Waals surface area contributed by atoms with E-state index in [9.17, 15) is 19.1 Å². The zero-order valence-electron chi connectivity index (χ0n) is 18.5. The second-order valence-electron chi connectivity index (χ2n) is 7.18. The number of hydrogen-bond donors (Lipinski definition) is 1. The quantitative estimate of drug-likeness (QED) is 0.336. The van der Waals surface area contributed by atoms with E-state index >= 15 is 0 Å². The van der Waals surface area contributed by atoms with Crippen molar-refractivity contribution in [3.63, 3.8) is 0 Å². The van der Waals surface area contributed by atoms with Gasteiger partial charge in [0, 0.05) is 18.0 Å². The summed E-state index contributed by atoms with van der Waals surface area (Å²) in [6, 6.07) is 8.44. The molecule has 0 aliphatic carbocycles. The fourth-order valence-corrected chi connectivity index (χ4v) is 3.79. The number of amides is 1. The smallest absolute Gasteiger partial charge is 0.302 e. The number of aromatic nitrogens is 2. The minimum absolute atomic E-state index is 0.0403. The Bertz CT molecular complexity index is 1250. The van der Waals surface area contributed by atoms with Crippen LogP contribution < -0.4 is 19.1 Å². The van der Waals surface area contributed by atoms with Crippen LogP contribution in [-0.2, 0) is 9.59 Å². The van der Waals surface area contributed by atoms with Crippen molar-refractivity contribution in [2.45, 2.75) is 6.04 Å². The van der Waals surface area contributed by atoms with Crippen LogP contribution >= 0.6 is 0 Å². The highest BCUT2D eigenvalue weighted by Crippen LogP contribution is 2.46. The summed E-state index contributed by atoms with van der Waals surface area (Å²) in [4.78, 5) is 35.6. The van der Waals surface area contributed by atoms with Crippen molar-refractivity contribution in [2.24, 2.45) is 0 Å². The number of anilines is 1. The van der Waals surface area contributed by atoms with Crippen LogP contribution in [0.15, 0.2) is 60.4 Å². The van der Waals surface area contributed by atoms with Crippen LogP contribution in [0.1, 0.15) is 17.2 Å². The van der Waals surface area contributed by atoms with Gasteiger partial charge in [0.05, 0.1) is 32.9 Å². The maximum absolute atomic E-state index is 13.4. The second-order valence-corrected chi connectivity index (χ2v) is 7.18. The molecule has 1 fully saturated rings. The molecule has 1 aromatic heterocycles. The van der Waals surface area contributed by atoms with Gasteiger partial charge in [0.15, 0.2) is 11.5 Å². The summed E-state index contributed by atoms with van der Waals surface area (Å²) in [6.07, 6.45) is 2.85. The monoisotopic (exact) mass is 465 g/mol. The van der Waals surface area contributed by atoms with E-state index in [2.05, 4.69) is 9.97 Å². The summed E-state index contributed by atoms with van der Waals surface area (Å²) in [5, 5.41) is 11.1. The Morgan fingerprint density at radius 3 is 2.09 bits per heavy atom. The van der Waals surface area contributed by atoms with Crippen LogP contribution in [0.4, 0.5) is 10.3 Å². The third-order valence-electron chi connectivity index (χ3n) is 5.33. The zero-order chi connectivity index (χ0) is 24.4. The first-order valence-electron chi connectivity index (χ1n) is 10.0. The molecule has 0 spiro atoms. The highest BCUT2D eigenvalue weighted by Gasteiger charge is 2.48. The highest BCUT2D eigenvalue weighted by molar-refractivity contribution is 6.51. The number of hydrogen-bond acceptors (Lipinski definition) is 8. The first-order chi connectivity index (χ1) is 16.4. The number of Topliss-reactive ketones (excluding diaryl/α,β-unsaturated/α-hetero) is 1. The Kier molecular flexibility index (Phi) is 6.13. The molecule has 2 heterocycles. The Morgan fingerprint density at radius 1 is 0.971 bits per heavy atom. The Labute approximate surface area is 194 Å². The van der Waals surface area contributed by atoms with Gasteiger partial charge in [-0.2, -0.15) is 0 Å². The summed E-state index contributed by atoms with van der Waals surface area (Å²) in [5.74, 6) is -2.06. The maximum atomic E-state index is 13.4. The minimum atomic E-state index is -1.14. The molecule has 34 heavy (non-hydrogen) atoms. The van der Waals surface area contributed by atoms with Gasteiger partial charge in [0.2, 0.25) is 11.7 Å². The van der Waals surface area contributed by atoms with Crippen molar-refractivity contribution in [3.05, 3.63) is 77.4 Å². The van der Waals surface area contributed by atoms with Gasteiger partial charge in [0.25, 0.3) is 5.78 Å². The largest absolute Gasteiger partial charge is 0.507 e. The van der Waals surface area contributed by atoms with Crippen LogP contribution in [0.2, 0.25) is 0 Å². The Hall–Kier alpha value is -4.47. The molecule has 1 unspecified atom stereocenters. The number of rotatable bonds is 6. The molecule has 1 aliphatic rings. The van der Waals surface area contributed by atoms with E-state index < -0.39 is 29.3 Å². The van der Waals surface area contributed by atoms with Crippen LogP contribution in [-0.4, -0.2) is 48.1 Å². The van der Waals surface area contributed by atoms with Gasteiger partial charge in [-0.05, 0) is 48.0 Å². The van der Waals surface area contributed by atoms with Gasteiger partial charge in [0.1, 0.15) is 11.6 Å². The average Bonchev–Trinajstić information content (AvgIpc) is 3.13. The Balaban J connectivity index is 2.00. The number of methoxy groups -OCH3 is 3. The molecule has 1 saturated heterocycles. The number of nitrogens with zero attached hydrogens (tertiary/aromatic N) is 3. The molecule has 1 atom stereocenters. The van der Waals surface area contributed by atoms with Crippen molar-refractivity contribution in [1.29, 1.82) is 0 Å². The fourth-order valence-electron chi connectivity index (χ4n) is 3.79. The van der Waals surface area contributed by atoms with Gasteiger partial charge < -0.3 is 19.3 Å². The molecule has 9 nitrogen and oxygen atoms in total.